The minimum atomic E-state index is -0.280. The molecule has 0 aromatic heterocycles. The van der Waals surface area contributed by atoms with Crippen molar-refractivity contribution in [2.45, 2.75) is 65.2 Å². The van der Waals surface area contributed by atoms with Gasteiger partial charge in [0.15, 0.2) is 24.1 Å². The van der Waals surface area contributed by atoms with Crippen molar-refractivity contribution in [2.75, 3.05) is 0 Å². The summed E-state index contributed by atoms with van der Waals surface area (Å²) in [5.41, 5.74) is 3.01. The van der Waals surface area contributed by atoms with E-state index < -0.39 is 0 Å². The summed E-state index contributed by atoms with van der Waals surface area (Å²) in [6, 6.07) is 0. The molecule has 4 rings (SSSR count). The maximum atomic E-state index is 12.3. The van der Waals surface area contributed by atoms with Crippen molar-refractivity contribution >= 4 is 24.1 Å². The van der Waals surface area contributed by atoms with Crippen LogP contribution >= 0.6 is 0 Å². The summed E-state index contributed by atoms with van der Waals surface area (Å²) in [6.45, 7) is 8.42. The number of hydrogen-bond acceptors (Lipinski definition) is 4. The molecule has 0 bridgehead atoms. The minimum absolute atomic E-state index is 0.0428. The highest BCUT2D eigenvalue weighted by Crippen LogP contribution is 2.68. The summed E-state index contributed by atoms with van der Waals surface area (Å²) in [4.78, 5) is 47.1. The zero-order valence-electron chi connectivity index (χ0n) is 18.3. The molecule has 4 aliphatic rings. The van der Waals surface area contributed by atoms with Gasteiger partial charge in [-0.25, -0.2) is 0 Å². The number of fused-ring (bicyclic) bond motifs is 5. The van der Waals surface area contributed by atoms with Gasteiger partial charge in [0.1, 0.15) is 0 Å². The lowest BCUT2D eigenvalue weighted by atomic mass is 9.42. The number of Topliss-reactive ketones (excluding diaryl/α,β-unsaturated/α-hetero) is 2. The fourth-order valence-corrected chi connectivity index (χ4v) is 8.77. The van der Waals surface area contributed by atoms with Crippen molar-refractivity contribution in [2.24, 2.45) is 52.3 Å². The van der Waals surface area contributed by atoms with Gasteiger partial charge in [-0.15, -0.1) is 5.73 Å². The molecule has 0 N–H and O–H groups in total. The molecule has 9 atom stereocenters. The predicted molar refractivity (Wildman–Crippen MR) is 113 cm³/mol. The fourth-order valence-electron chi connectivity index (χ4n) is 8.77. The summed E-state index contributed by atoms with van der Waals surface area (Å²) >= 11 is 0. The molecule has 4 nitrogen and oxygen atoms in total. The molecule has 0 heterocycles. The molecule has 4 aliphatic carbocycles. The SMILES string of the molecule is C=C=CC1C(C(=O)C=O)CC[C@@]2(C)C1CC[C@@H]1[C@@H]2CC[C@]2(C)C(C(=O)C=O)CC[C@@H]12. The van der Waals surface area contributed by atoms with Gasteiger partial charge in [0, 0.05) is 11.8 Å². The van der Waals surface area contributed by atoms with E-state index in [9.17, 15) is 19.2 Å². The van der Waals surface area contributed by atoms with Crippen LogP contribution in [-0.2, 0) is 19.2 Å². The summed E-state index contributed by atoms with van der Waals surface area (Å²) in [5.74, 6) is 1.25. The molecular formula is C26H34O4. The van der Waals surface area contributed by atoms with Crippen LogP contribution < -0.4 is 0 Å². The Morgan fingerprint density at radius 3 is 2.13 bits per heavy atom. The molecule has 0 spiro atoms. The van der Waals surface area contributed by atoms with Crippen molar-refractivity contribution in [1.29, 1.82) is 0 Å². The van der Waals surface area contributed by atoms with Gasteiger partial charge in [-0.3, -0.25) is 19.2 Å². The lowest BCUT2D eigenvalue weighted by Crippen LogP contribution is -2.56. The van der Waals surface area contributed by atoms with Crippen LogP contribution in [-0.4, -0.2) is 24.1 Å². The van der Waals surface area contributed by atoms with Gasteiger partial charge < -0.3 is 0 Å². The van der Waals surface area contributed by atoms with Crippen molar-refractivity contribution in [1.82, 2.24) is 0 Å². The zero-order valence-corrected chi connectivity index (χ0v) is 18.3. The summed E-state index contributed by atoms with van der Waals surface area (Å²) in [7, 11) is 0. The first-order valence-electron chi connectivity index (χ1n) is 11.7. The molecule has 0 radical (unpaired) electrons. The largest absolute Gasteiger partial charge is 0.295 e. The van der Waals surface area contributed by atoms with E-state index in [4.69, 9.17) is 0 Å². The Morgan fingerprint density at radius 1 is 0.833 bits per heavy atom. The quantitative estimate of drug-likeness (QED) is 0.383. The number of rotatable bonds is 5. The Labute approximate surface area is 179 Å². The van der Waals surface area contributed by atoms with Crippen LogP contribution in [0, 0.1) is 52.3 Å². The van der Waals surface area contributed by atoms with Crippen LogP contribution in [0.1, 0.15) is 65.2 Å². The van der Waals surface area contributed by atoms with Gasteiger partial charge in [0.05, 0.1) is 0 Å². The van der Waals surface area contributed by atoms with Gasteiger partial charge in [0.25, 0.3) is 0 Å². The number of aldehydes is 2. The fraction of sp³-hybridized carbons (Fsp3) is 0.731. The van der Waals surface area contributed by atoms with Crippen LogP contribution in [0.5, 0.6) is 0 Å². The van der Waals surface area contributed by atoms with Crippen LogP contribution in [0.3, 0.4) is 0 Å². The zero-order chi connectivity index (χ0) is 21.7. The van der Waals surface area contributed by atoms with Gasteiger partial charge in [-0.1, -0.05) is 20.4 Å². The van der Waals surface area contributed by atoms with Crippen molar-refractivity contribution in [3.8, 4) is 0 Å². The molecule has 30 heavy (non-hydrogen) atoms. The average molecular weight is 411 g/mol. The predicted octanol–water partition coefficient (Wildman–Crippen LogP) is 4.36. The molecule has 162 valence electrons. The average Bonchev–Trinajstić information content (AvgIpc) is 3.10. The minimum Gasteiger partial charge on any atom is -0.295 e. The van der Waals surface area contributed by atoms with Crippen LogP contribution in [0.2, 0.25) is 0 Å². The first-order chi connectivity index (χ1) is 14.3. The van der Waals surface area contributed by atoms with Crippen LogP contribution in [0.4, 0.5) is 0 Å². The van der Waals surface area contributed by atoms with Crippen molar-refractivity contribution in [3.63, 3.8) is 0 Å². The molecular weight excluding hydrogens is 376 g/mol. The third kappa shape index (κ3) is 2.94. The maximum Gasteiger partial charge on any atom is 0.198 e. The first kappa shape index (κ1) is 21.4. The Hall–Kier alpha value is -1.80. The first-order valence-corrected chi connectivity index (χ1v) is 11.7. The third-order valence-electron chi connectivity index (χ3n) is 10.1. The third-order valence-corrected chi connectivity index (χ3v) is 10.1. The topological polar surface area (TPSA) is 68.3 Å². The molecule has 0 aliphatic heterocycles. The van der Waals surface area contributed by atoms with E-state index >= 15 is 0 Å². The second-order valence-electron chi connectivity index (χ2n) is 10.9. The highest BCUT2D eigenvalue weighted by molar-refractivity contribution is 6.26. The molecule has 0 saturated heterocycles. The molecule has 4 heteroatoms. The second kappa shape index (κ2) is 7.71. The van der Waals surface area contributed by atoms with E-state index in [0.717, 1.165) is 51.4 Å². The number of hydrogen-bond donors (Lipinski definition) is 0. The van der Waals surface area contributed by atoms with E-state index in [1.54, 1.807) is 0 Å². The lowest BCUT2D eigenvalue weighted by Gasteiger charge is -2.62. The Kier molecular flexibility index (Phi) is 5.51. The van der Waals surface area contributed by atoms with Gasteiger partial charge >= 0.3 is 0 Å². The standard InChI is InChI=1S/C26H34O4/c1-4-5-16-17(23(29)14-27)10-12-25(2)19(16)7-6-18-20-8-9-22(24(30)15-28)26(20,3)13-11-21(18)25/h5,14-22H,1,6-13H2,2-3H3/t16?,17?,18-,19?,20-,21-,22?,25-,26-/m0/s1. The van der Waals surface area contributed by atoms with Crippen molar-refractivity contribution in [3.05, 3.63) is 18.4 Å². The second-order valence-corrected chi connectivity index (χ2v) is 10.9. The summed E-state index contributed by atoms with van der Waals surface area (Å²) in [6.07, 6.45) is 10.9. The number of ketones is 2. The molecule has 0 aromatic carbocycles. The number of allylic oxidation sites excluding steroid dienone is 1. The molecule has 4 fully saturated rings. The maximum absolute atomic E-state index is 12.3. The van der Waals surface area contributed by atoms with Crippen LogP contribution in [0.15, 0.2) is 18.4 Å². The van der Waals surface area contributed by atoms with E-state index in [-0.39, 0.29) is 40.2 Å². The number of carbonyl (C=O) groups excluding carboxylic acids is 4. The molecule has 4 saturated carbocycles. The van der Waals surface area contributed by atoms with E-state index in [1.807, 2.05) is 6.08 Å². The van der Waals surface area contributed by atoms with Gasteiger partial charge in [-0.05, 0) is 97.9 Å². The van der Waals surface area contributed by atoms with Gasteiger partial charge in [-0.2, -0.15) is 0 Å². The van der Waals surface area contributed by atoms with Crippen LogP contribution in [0.25, 0.3) is 0 Å². The smallest absolute Gasteiger partial charge is 0.198 e. The normalized spacial score (nSPS) is 47.1. The number of carbonyl (C=O) groups is 4. The summed E-state index contributed by atoms with van der Waals surface area (Å²) in [5, 5.41) is 0. The van der Waals surface area contributed by atoms with E-state index in [1.165, 1.54) is 0 Å². The Balaban J connectivity index is 1.64. The molecule has 4 unspecified atom stereocenters. The highest BCUT2D eigenvalue weighted by atomic mass is 16.2. The molecule has 0 aromatic rings. The van der Waals surface area contributed by atoms with E-state index in [2.05, 4.69) is 26.2 Å². The lowest BCUT2D eigenvalue weighted by molar-refractivity contribution is -0.150. The monoisotopic (exact) mass is 410 g/mol. The Bertz CT molecular complexity index is 808. The highest BCUT2D eigenvalue weighted by Gasteiger charge is 2.62. The van der Waals surface area contributed by atoms with Gasteiger partial charge in [0.2, 0.25) is 0 Å². The molecule has 0 amide bonds. The van der Waals surface area contributed by atoms with E-state index in [0.29, 0.717) is 36.2 Å². The Morgan fingerprint density at radius 2 is 1.47 bits per heavy atom. The summed E-state index contributed by atoms with van der Waals surface area (Å²) < 4.78 is 0. The van der Waals surface area contributed by atoms with Crippen molar-refractivity contribution < 1.29 is 19.2 Å².